The van der Waals surface area contributed by atoms with Crippen molar-refractivity contribution in [3.8, 4) is 11.1 Å². The molecule has 0 unspecified atom stereocenters. The van der Waals surface area contributed by atoms with Crippen LogP contribution >= 0.6 is 22.6 Å². The van der Waals surface area contributed by atoms with Crippen LogP contribution < -0.4 is 10.6 Å². The van der Waals surface area contributed by atoms with Gasteiger partial charge in [0.15, 0.2) is 0 Å². The SMILES string of the molecule is C[C@@H](CN1CCN(C)CC1)NC(=O)C[C@@H]1CNC(=O)c2cc(-c3cccc(F)c3)c(I)n21. The second-order valence-electron chi connectivity index (χ2n) is 8.75. The fraction of sp³-hybridized carbons (Fsp3) is 0.478. The lowest BCUT2D eigenvalue weighted by atomic mass is 10.1. The van der Waals surface area contributed by atoms with Gasteiger partial charge in [-0.1, -0.05) is 12.1 Å². The number of aromatic nitrogens is 1. The lowest BCUT2D eigenvalue weighted by molar-refractivity contribution is -0.122. The summed E-state index contributed by atoms with van der Waals surface area (Å²) in [5.41, 5.74) is 2.02. The Kier molecular flexibility index (Phi) is 7.16. The zero-order valence-corrected chi connectivity index (χ0v) is 20.6. The lowest BCUT2D eigenvalue weighted by Crippen LogP contribution is -2.50. The maximum absolute atomic E-state index is 13.8. The molecule has 0 spiro atoms. The number of hydrogen-bond acceptors (Lipinski definition) is 4. The monoisotopic (exact) mass is 553 g/mol. The molecule has 2 aliphatic heterocycles. The predicted molar refractivity (Wildman–Crippen MR) is 130 cm³/mol. The Morgan fingerprint density at radius 2 is 2.03 bits per heavy atom. The molecule has 1 fully saturated rings. The molecule has 32 heavy (non-hydrogen) atoms. The average molecular weight is 553 g/mol. The molecule has 9 heteroatoms. The molecule has 2 aromatic rings. The smallest absolute Gasteiger partial charge is 0.268 e. The van der Waals surface area contributed by atoms with Gasteiger partial charge in [-0.15, -0.1) is 0 Å². The quantitative estimate of drug-likeness (QED) is 0.540. The van der Waals surface area contributed by atoms with Gasteiger partial charge in [0.25, 0.3) is 5.91 Å². The van der Waals surface area contributed by atoms with Gasteiger partial charge in [-0.25, -0.2) is 4.39 Å². The zero-order chi connectivity index (χ0) is 22.8. The van der Waals surface area contributed by atoms with Gasteiger partial charge in [0.05, 0.1) is 9.74 Å². The Bertz CT molecular complexity index is 1000. The Labute approximate surface area is 201 Å². The number of rotatable bonds is 6. The van der Waals surface area contributed by atoms with Crippen molar-refractivity contribution < 1.29 is 14.0 Å². The second kappa shape index (κ2) is 9.88. The molecular weight excluding hydrogens is 524 g/mol. The molecule has 0 bridgehead atoms. The molecule has 172 valence electrons. The van der Waals surface area contributed by atoms with Crippen LogP contribution in [0.4, 0.5) is 4.39 Å². The second-order valence-corrected chi connectivity index (χ2v) is 9.78. The molecule has 0 saturated carbocycles. The number of benzene rings is 1. The van der Waals surface area contributed by atoms with Crippen molar-refractivity contribution in [2.24, 2.45) is 0 Å². The van der Waals surface area contributed by atoms with Crippen molar-refractivity contribution >= 4 is 34.4 Å². The highest BCUT2D eigenvalue weighted by molar-refractivity contribution is 14.1. The van der Waals surface area contributed by atoms with E-state index >= 15 is 0 Å². The van der Waals surface area contributed by atoms with E-state index < -0.39 is 0 Å². The molecule has 2 amide bonds. The molecule has 1 aromatic carbocycles. The molecular formula is C23H29FIN5O2. The van der Waals surface area contributed by atoms with Crippen molar-refractivity contribution in [1.29, 1.82) is 0 Å². The molecule has 7 nitrogen and oxygen atoms in total. The van der Waals surface area contributed by atoms with E-state index in [4.69, 9.17) is 0 Å². The fourth-order valence-electron chi connectivity index (χ4n) is 4.46. The highest BCUT2D eigenvalue weighted by Crippen LogP contribution is 2.34. The minimum absolute atomic E-state index is 0.0319. The van der Waals surface area contributed by atoms with E-state index in [1.54, 1.807) is 12.1 Å². The van der Waals surface area contributed by atoms with Crippen LogP contribution in [0.25, 0.3) is 11.1 Å². The van der Waals surface area contributed by atoms with Gasteiger partial charge in [-0.05, 0) is 60.3 Å². The first-order valence-corrected chi connectivity index (χ1v) is 12.0. The Hall–Kier alpha value is -1.98. The third-order valence-corrected chi connectivity index (χ3v) is 7.26. The van der Waals surface area contributed by atoms with E-state index in [9.17, 15) is 14.0 Å². The van der Waals surface area contributed by atoms with Gasteiger partial charge in [-0.2, -0.15) is 0 Å². The number of carbonyl (C=O) groups is 2. The summed E-state index contributed by atoms with van der Waals surface area (Å²) in [6.45, 7) is 7.37. The Balaban J connectivity index is 1.44. The van der Waals surface area contributed by atoms with Crippen molar-refractivity contribution in [3.63, 3.8) is 0 Å². The molecule has 1 saturated heterocycles. The number of hydrogen-bond donors (Lipinski definition) is 2. The van der Waals surface area contributed by atoms with Crippen molar-refractivity contribution in [3.05, 3.63) is 45.5 Å². The first-order chi connectivity index (χ1) is 15.3. The van der Waals surface area contributed by atoms with Crippen LogP contribution in [0.5, 0.6) is 0 Å². The summed E-state index contributed by atoms with van der Waals surface area (Å²) in [5.74, 6) is -0.529. The summed E-state index contributed by atoms with van der Waals surface area (Å²) in [5, 5.41) is 6.01. The number of piperazine rings is 1. The van der Waals surface area contributed by atoms with Crippen LogP contribution in [0.2, 0.25) is 0 Å². The normalized spacial score (nSPS) is 20.5. The first-order valence-electron chi connectivity index (χ1n) is 11.0. The van der Waals surface area contributed by atoms with Crippen molar-refractivity contribution in [2.45, 2.75) is 25.4 Å². The summed E-state index contributed by atoms with van der Waals surface area (Å²) >= 11 is 2.19. The summed E-state index contributed by atoms with van der Waals surface area (Å²) < 4.78 is 16.5. The largest absolute Gasteiger partial charge is 0.352 e. The van der Waals surface area contributed by atoms with Crippen molar-refractivity contribution in [1.82, 2.24) is 25.0 Å². The van der Waals surface area contributed by atoms with Crippen LogP contribution in [0, 0.1) is 9.52 Å². The summed E-state index contributed by atoms with van der Waals surface area (Å²) in [6, 6.07) is 7.99. The number of nitrogens with zero attached hydrogens (tertiary/aromatic N) is 3. The van der Waals surface area contributed by atoms with Crippen molar-refractivity contribution in [2.75, 3.05) is 46.3 Å². The third-order valence-electron chi connectivity index (χ3n) is 6.16. The first kappa shape index (κ1) is 23.2. The van der Waals surface area contributed by atoms with Crippen LogP contribution in [-0.4, -0.2) is 78.5 Å². The predicted octanol–water partition coefficient (Wildman–Crippen LogP) is 2.33. The zero-order valence-electron chi connectivity index (χ0n) is 18.4. The number of fused-ring (bicyclic) bond motifs is 1. The molecule has 2 aliphatic rings. The third kappa shape index (κ3) is 5.15. The number of carbonyl (C=O) groups excluding carboxylic acids is 2. The van der Waals surface area contributed by atoms with E-state index in [1.165, 1.54) is 12.1 Å². The molecule has 0 radical (unpaired) electrons. The van der Waals surface area contributed by atoms with Crippen LogP contribution in [-0.2, 0) is 4.79 Å². The summed E-state index contributed by atoms with van der Waals surface area (Å²) in [7, 11) is 2.13. The average Bonchev–Trinajstić information content (AvgIpc) is 3.10. The molecule has 1 aromatic heterocycles. The number of amides is 2. The lowest BCUT2D eigenvalue weighted by Gasteiger charge is -2.34. The number of nitrogens with one attached hydrogen (secondary N) is 2. The minimum atomic E-state index is -0.322. The van der Waals surface area contributed by atoms with Crippen LogP contribution in [0.3, 0.4) is 0 Å². The van der Waals surface area contributed by atoms with E-state index in [1.807, 2.05) is 17.6 Å². The minimum Gasteiger partial charge on any atom is -0.352 e. The topological polar surface area (TPSA) is 69.6 Å². The van der Waals surface area contributed by atoms with Gasteiger partial charge < -0.3 is 20.1 Å². The molecule has 0 aliphatic carbocycles. The van der Waals surface area contributed by atoms with E-state index in [0.29, 0.717) is 17.8 Å². The molecule has 2 N–H and O–H groups in total. The fourth-order valence-corrected chi connectivity index (χ4v) is 5.58. The van der Waals surface area contributed by atoms with E-state index in [0.717, 1.165) is 42.0 Å². The summed E-state index contributed by atoms with van der Waals surface area (Å²) in [6.07, 6.45) is 0.271. The van der Waals surface area contributed by atoms with Gasteiger partial charge in [0.1, 0.15) is 11.5 Å². The van der Waals surface area contributed by atoms with Gasteiger partial charge in [0, 0.05) is 57.3 Å². The maximum Gasteiger partial charge on any atom is 0.268 e. The maximum atomic E-state index is 13.8. The van der Waals surface area contributed by atoms with Gasteiger partial charge in [0.2, 0.25) is 5.91 Å². The van der Waals surface area contributed by atoms with Gasteiger partial charge in [-0.3, -0.25) is 14.5 Å². The van der Waals surface area contributed by atoms with Gasteiger partial charge >= 0.3 is 0 Å². The van der Waals surface area contributed by atoms with Crippen LogP contribution in [0.15, 0.2) is 30.3 Å². The highest BCUT2D eigenvalue weighted by Gasteiger charge is 2.31. The molecule has 2 atom stereocenters. The summed E-state index contributed by atoms with van der Waals surface area (Å²) in [4.78, 5) is 30.0. The number of likely N-dealkylation sites (N-methyl/N-ethyl adjacent to an activating group) is 1. The Morgan fingerprint density at radius 3 is 2.75 bits per heavy atom. The van der Waals surface area contributed by atoms with E-state index in [-0.39, 0.29) is 36.1 Å². The molecule has 4 rings (SSSR count). The number of halogens is 2. The van der Waals surface area contributed by atoms with Crippen LogP contribution in [0.1, 0.15) is 29.9 Å². The molecule has 3 heterocycles. The highest BCUT2D eigenvalue weighted by atomic mass is 127. The standard InChI is InChI=1S/C23H29FIN5O2/c1-15(14-29-8-6-28(2)7-9-29)27-21(31)11-18-13-26-23(32)20-12-19(22(25)30(18)20)16-4-3-5-17(24)10-16/h3-5,10,12,15,18H,6-9,11,13-14H2,1-2H3,(H,26,32)(H,27,31)/t15-,18+/m0/s1. The Morgan fingerprint density at radius 1 is 1.28 bits per heavy atom. The van der Waals surface area contributed by atoms with E-state index in [2.05, 4.69) is 50.1 Å².